The van der Waals surface area contributed by atoms with Crippen LogP contribution in [0.5, 0.6) is 0 Å². The van der Waals surface area contributed by atoms with Crippen molar-refractivity contribution in [2.24, 2.45) is 0 Å². The molecule has 1 N–H and O–H groups in total. The van der Waals surface area contributed by atoms with Crippen LogP contribution >= 0.6 is 23.2 Å². The van der Waals surface area contributed by atoms with Crippen LogP contribution in [0.15, 0.2) is 66.7 Å². The highest BCUT2D eigenvalue weighted by Gasteiger charge is 2.18. The molecule has 4 nitrogen and oxygen atoms in total. The van der Waals surface area contributed by atoms with Crippen LogP contribution < -0.4 is 5.32 Å². The third kappa shape index (κ3) is 4.17. The van der Waals surface area contributed by atoms with E-state index in [4.69, 9.17) is 28.5 Å². The smallest absolute Gasteiger partial charge is 0.255 e. The second-order valence-corrected chi connectivity index (χ2v) is 6.49. The second-order valence-electron chi connectivity index (χ2n) is 5.65. The number of amides is 1. The largest absolute Gasteiger partial charge is 0.321 e. The first-order valence-corrected chi connectivity index (χ1v) is 8.65. The zero-order valence-electron chi connectivity index (χ0n) is 13.9. The highest BCUT2D eigenvalue weighted by atomic mass is 35.5. The lowest BCUT2D eigenvalue weighted by Crippen LogP contribution is -2.15. The van der Waals surface area contributed by atoms with E-state index < -0.39 is 5.91 Å². The number of benzene rings is 3. The van der Waals surface area contributed by atoms with Gasteiger partial charge in [0.2, 0.25) is 0 Å². The molecule has 0 unspecified atom stereocenters. The van der Waals surface area contributed by atoms with E-state index in [2.05, 4.69) is 5.32 Å². The third-order valence-electron chi connectivity index (χ3n) is 3.85. The number of ketones is 1. The van der Waals surface area contributed by atoms with Crippen LogP contribution in [0.3, 0.4) is 0 Å². The van der Waals surface area contributed by atoms with Crippen molar-refractivity contribution >= 4 is 40.6 Å². The van der Waals surface area contributed by atoms with Crippen LogP contribution in [0.2, 0.25) is 10.0 Å². The van der Waals surface area contributed by atoms with Crippen molar-refractivity contribution in [3.05, 3.63) is 99.0 Å². The van der Waals surface area contributed by atoms with E-state index in [1.54, 1.807) is 54.6 Å². The van der Waals surface area contributed by atoms with Crippen LogP contribution in [-0.2, 0) is 0 Å². The van der Waals surface area contributed by atoms with E-state index in [1.165, 1.54) is 12.1 Å². The molecule has 0 saturated carbocycles. The van der Waals surface area contributed by atoms with Crippen LogP contribution in [0.1, 0.15) is 31.8 Å². The van der Waals surface area contributed by atoms with Gasteiger partial charge in [0.05, 0.1) is 22.3 Å². The van der Waals surface area contributed by atoms with Gasteiger partial charge in [0.1, 0.15) is 0 Å². The number of nitrogens with zero attached hydrogens (tertiary/aromatic N) is 1. The summed E-state index contributed by atoms with van der Waals surface area (Å²) in [5.74, 6) is -0.799. The van der Waals surface area contributed by atoms with Crippen molar-refractivity contribution in [1.82, 2.24) is 0 Å². The SMILES string of the molecule is N#Cc1cccc(C(=O)Nc2ccc(Cl)cc2C(=O)c2ccccc2Cl)c1. The molecule has 0 saturated heterocycles. The Hall–Kier alpha value is -3.13. The lowest BCUT2D eigenvalue weighted by Gasteiger charge is -2.12. The molecular weight excluding hydrogens is 383 g/mol. The van der Waals surface area contributed by atoms with Crippen LogP contribution in [-0.4, -0.2) is 11.7 Å². The number of nitrogens with one attached hydrogen (secondary N) is 1. The van der Waals surface area contributed by atoms with Gasteiger partial charge in [-0.2, -0.15) is 5.26 Å². The molecule has 0 fully saturated rings. The van der Waals surface area contributed by atoms with Crippen LogP contribution in [0.25, 0.3) is 0 Å². The van der Waals surface area contributed by atoms with Gasteiger partial charge in [-0.05, 0) is 48.5 Å². The maximum absolute atomic E-state index is 12.9. The number of nitriles is 1. The Balaban J connectivity index is 1.97. The summed E-state index contributed by atoms with van der Waals surface area (Å²) in [5.41, 5.74) is 1.51. The van der Waals surface area contributed by atoms with E-state index >= 15 is 0 Å². The van der Waals surface area contributed by atoms with Gasteiger partial charge in [0, 0.05) is 21.7 Å². The van der Waals surface area contributed by atoms with Gasteiger partial charge in [0.25, 0.3) is 5.91 Å². The minimum absolute atomic E-state index is 0.223. The molecule has 3 aromatic carbocycles. The highest BCUT2D eigenvalue weighted by molar-refractivity contribution is 6.36. The van der Waals surface area contributed by atoms with Gasteiger partial charge < -0.3 is 5.32 Å². The molecule has 132 valence electrons. The molecule has 6 heteroatoms. The first kappa shape index (κ1) is 18.7. The maximum atomic E-state index is 12.9. The molecule has 0 aliphatic rings. The Bertz CT molecular complexity index is 1090. The number of carbonyl (C=O) groups excluding carboxylic acids is 2. The minimum atomic E-state index is -0.442. The molecule has 0 aliphatic carbocycles. The standard InChI is InChI=1S/C21H12Cl2N2O2/c22-15-8-9-19(25-21(27)14-5-3-4-13(10-14)12-24)17(11-15)20(26)16-6-1-2-7-18(16)23/h1-11H,(H,25,27). The van der Waals surface area contributed by atoms with E-state index in [9.17, 15) is 9.59 Å². The number of hydrogen-bond acceptors (Lipinski definition) is 3. The Kier molecular flexibility index (Phi) is 5.56. The molecule has 0 radical (unpaired) electrons. The number of halogens is 2. The minimum Gasteiger partial charge on any atom is -0.321 e. The van der Waals surface area contributed by atoms with Crippen molar-refractivity contribution < 1.29 is 9.59 Å². The average molecular weight is 395 g/mol. The summed E-state index contributed by atoms with van der Waals surface area (Å²) >= 11 is 12.2. The summed E-state index contributed by atoms with van der Waals surface area (Å²) < 4.78 is 0. The molecule has 0 heterocycles. The van der Waals surface area contributed by atoms with Crippen molar-refractivity contribution in [2.45, 2.75) is 0 Å². The van der Waals surface area contributed by atoms with Crippen LogP contribution in [0.4, 0.5) is 5.69 Å². The molecule has 0 aromatic heterocycles. The maximum Gasteiger partial charge on any atom is 0.255 e. The number of hydrogen-bond donors (Lipinski definition) is 1. The molecular formula is C21H12Cl2N2O2. The number of rotatable bonds is 4. The lowest BCUT2D eigenvalue weighted by molar-refractivity contribution is 0.102. The first-order chi connectivity index (χ1) is 13.0. The zero-order valence-corrected chi connectivity index (χ0v) is 15.4. The van der Waals surface area contributed by atoms with Gasteiger partial charge in [0.15, 0.2) is 5.78 Å². The Morgan fingerprint density at radius 3 is 2.41 bits per heavy atom. The Morgan fingerprint density at radius 2 is 1.67 bits per heavy atom. The second kappa shape index (κ2) is 8.05. The first-order valence-electron chi connectivity index (χ1n) is 7.90. The Labute approximate surface area is 166 Å². The van der Waals surface area contributed by atoms with Gasteiger partial charge >= 0.3 is 0 Å². The summed E-state index contributed by atoms with van der Waals surface area (Å²) in [6.07, 6.45) is 0. The Morgan fingerprint density at radius 1 is 0.889 bits per heavy atom. The van der Waals surface area contributed by atoms with Crippen molar-refractivity contribution in [3.63, 3.8) is 0 Å². The molecule has 0 atom stereocenters. The number of carbonyl (C=O) groups is 2. The highest BCUT2D eigenvalue weighted by Crippen LogP contribution is 2.27. The van der Waals surface area contributed by atoms with Gasteiger partial charge in [-0.1, -0.05) is 41.4 Å². The fourth-order valence-corrected chi connectivity index (χ4v) is 2.92. The van der Waals surface area contributed by atoms with Gasteiger partial charge in [-0.25, -0.2) is 0 Å². The summed E-state index contributed by atoms with van der Waals surface area (Å²) in [4.78, 5) is 25.5. The predicted molar refractivity (Wildman–Crippen MR) is 105 cm³/mol. The predicted octanol–water partition coefficient (Wildman–Crippen LogP) is 5.35. The third-order valence-corrected chi connectivity index (χ3v) is 4.41. The lowest BCUT2D eigenvalue weighted by atomic mass is 10.0. The van der Waals surface area contributed by atoms with Crippen LogP contribution in [0, 0.1) is 11.3 Å². The molecule has 0 bridgehead atoms. The fraction of sp³-hybridized carbons (Fsp3) is 0. The summed E-state index contributed by atoms with van der Waals surface area (Å²) in [5, 5.41) is 12.3. The molecule has 3 aromatic rings. The molecule has 3 rings (SSSR count). The summed E-state index contributed by atoms with van der Waals surface area (Å²) in [7, 11) is 0. The van der Waals surface area contributed by atoms with E-state index in [0.717, 1.165) is 0 Å². The van der Waals surface area contributed by atoms with E-state index in [1.807, 2.05) is 6.07 Å². The molecule has 1 amide bonds. The van der Waals surface area contributed by atoms with Gasteiger partial charge in [-0.15, -0.1) is 0 Å². The quantitative estimate of drug-likeness (QED) is 0.606. The van der Waals surface area contributed by atoms with E-state index in [-0.39, 0.29) is 11.3 Å². The zero-order chi connectivity index (χ0) is 19.4. The molecule has 0 spiro atoms. The topological polar surface area (TPSA) is 70.0 Å². The molecule has 0 aliphatic heterocycles. The van der Waals surface area contributed by atoms with E-state index in [0.29, 0.717) is 32.4 Å². The van der Waals surface area contributed by atoms with Crippen molar-refractivity contribution in [2.75, 3.05) is 5.32 Å². The number of anilines is 1. The summed E-state index contributed by atoms with van der Waals surface area (Å²) in [6.45, 7) is 0. The average Bonchev–Trinajstić information content (AvgIpc) is 2.69. The normalized spacial score (nSPS) is 10.1. The summed E-state index contributed by atoms with van der Waals surface area (Å²) in [6, 6.07) is 19.5. The van der Waals surface area contributed by atoms with Crippen molar-refractivity contribution in [1.29, 1.82) is 5.26 Å². The monoisotopic (exact) mass is 394 g/mol. The fourth-order valence-electron chi connectivity index (χ4n) is 2.53. The van der Waals surface area contributed by atoms with Gasteiger partial charge in [-0.3, -0.25) is 9.59 Å². The van der Waals surface area contributed by atoms with Crippen molar-refractivity contribution in [3.8, 4) is 6.07 Å². The molecule has 27 heavy (non-hydrogen) atoms.